The van der Waals surface area contributed by atoms with Gasteiger partial charge in [0.15, 0.2) is 5.78 Å². The van der Waals surface area contributed by atoms with Crippen LogP contribution in [0.25, 0.3) is 0 Å². The van der Waals surface area contributed by atoms with Crippen molar-refractivity contribution in [2.45, 2.75) is 58.7 Å². The second kappa shape index (κ2) is 7.19. The van der Waals surface area contributed by atoms with Gasteiger partial charge in [-0.05, 0) is 57.6 Å². The third-order valence-corrected chi connectivity index (χ3v) is 4.32. The van der Waals surface area contributed by atoms with Gasteiger partial charge in [0.2, 0.25) is 0 Å². The molecule has 3 heteroatoms. The van der Waals surface area contributed by atoms with Gasteiger partial charge in [-0.2, -0.15) is 0 Å². The van der Waals surface area contributed by atoms with Gasteiger partial charge in [-0.15, -0.1) is 0 Å². The van der Waals surface area contributed by atoms with Gasteiger partial charge in [-0.1, -0.05) is 17.7 Å². The van der Waals surface area contributed by atoms with Crippen LogP contribution < -0.4 is 0 Å². The summed E-state index contributed by atoms with van der Waals surface area (Å²) >= 11 is 0. The van der Waals surface area contributed by atoms with Crippen LogP contribution in [0.15, 0.2) is 12.1 Å². The van der Waals surface area contributed by atoms with E-state index in [4.69, 9.17) is 9.47 Å². The SMILES string of the molecule is COC1CCCC(OCC(=O)c2c(C)cc(C)cc2C)C1. The van der Waals surface area contributed by atoms with E-state index in [1.54, 1.807) is 7.11 Å². The van der Waals surface area contributed by atoms with Crippen LogP contribution in [0.2, 0.25) is 0 Å². The Morgan fingerprint density at radius 3 is 2.38 bits per heavy atom. The van der Waals surface area contributed by atoms with Gasteiger partial charge in [0.25, 0.3) is 0 Å². The van der Waals surface area contributed by atoms with Crippen molar-refractivity contribution in [3.8, 4) is 0 Å². The maximum absolute atomic E-state index is 12.4. The summed E-state index contributed by atoms with van der Waals surface area (Å²) in [5, 5.41) is 0. The van der Waals surface area contributed by atoms with E-state index in [2.05, 4.69) is 19.1 Å². The molecule has 1 fully saturated rings. The van der Waals surface area contributed by atoms with E-state index in [0.717, 1.165) is 42.4 Å². The molecule has 0 spiro atoms. The lowest BCUT2D eigenvalue weighted by Gasteiger charge is -2.28. The lowest BCUT2D eigenvalue weighted by atomic mass is 9.94. The normalized spacial score (nSPS) is 22.3. The van der Waals surface area contributed by atoms with Crippen LogP contribution in [0.3, 0.4) is 0 Å². The van der Waals surface area contributed by atoms with E-state index >= 15 is 0 Å². The average molecular weight is 290 g/mol. The first-order valence-electron chi connectivity index (χ1n) is 7.76. The molecule has 0 heterocycles. The molecular weight excluding hydrogens is 264 g/mol. The summed E-state index contributed by atoms with van der Waals surface area (Å²) in [6.45, 7) is 6.22. The van der Waals surface area contributed by atoms with Crippen molar-refractivity contribution in [1.82, 2.24) is 0 Å². The topological polar surface area (TPSA) is 35.5 Å². The van der Waals surface area contributed by atoms with Crippen LogP contribution in [0.5, 0.6) is 0 Å². The zero-order valence-electron chi connectivity index (χ0n) is 13.6. The Bertz CT molecular complexity index is 484. The Balaban J connectivity index is 1.96. The first-order chi connectivity index (χ1) is 10.0. The molecule has 0 amide bonds. The lowest BCUT2D eigenvalue weighted by molar-refractivity contribution is -0.0243. The first-order valence-corrected chi connectivity index (χ1v) is 7.76. The second-order valence-corrected chi connectivity index (χ2v) is 6.15. The molecule has 0 saturated heterocycles. The smallest absolute Gasteiger partial charge is 0.189 e. The van der Waals surface area contributed by atoms with Crippen LogP contribution in [0.1, 0.15) is 52.7 Å². The Labute approximate surface area is 127 Å². The van der Waals surface area contributed by atoms with E-state index in [0.29, 0.717) is 0 Å². The Hall–Kier alpha value is -1.19. The summed E-state index contributed by atoms with van der Waals surface area (Å²) < 4.78 is 11.2. The van der Waals surface area contributed by atoms with Crippen LogP contribution >= 0.6 is 0 Å². The van der Waals surface area contributed by atoms with E-state index in [1.807, 2.05) is 13.8 Å². The molecule has 0 radical (unpaired) electrons. The van der Waals surface area contributed by atoms with Gasteiger partial charge < -0.3 is 9.47 Å². The predicted octanol–water partition coefficient (Wildman–Crippen LogP) is 3.77. The fourth-order valence-corrected chi connectivity index (χ4v) is 3.35. The van der Waals surface area contributed by atoms with Crippen molar-refractivity contribution in [3.63, 3.8) is 0 Å². The highest BCUT2D eigenvalue weighted by molar-refractivity contribution is 5.99. The number of aryl methyl sites for hydroxylation is 3. The number of Topliss-reactive ketones (excluding diaryl/α,β-unsaturated/α-hetero) is 1. The summed E-state index contributed by atoms with van der Waals surface area (Å²) in [4.78, 5) is 12.4. The average Bonchev–Trinajstić information content (AvgIpc) is 2.44. The first kappa shape index (κ1) is 16.2. The highest BCUT2D eigenvalue weighted by atomic mass is 16.5. The fraction of sp³-hybridized carbons (Fsp3) is 0.611. The van der Waals surface area contributed by atoms with Crippen LogP contribution in [0, 0.1) is 20.8 Å². The molecule has 1 aliphatic rings. The summed E-state index contributed by atoms with van der Waals surface area (Å²) in [5.74, 6) is 0.0875. The van der Waals surface area contributed by atoms with E-state index in [-0.39, 0.29) is 24.6 Å². The Morgan fingerprint density at radius 1 is 1.14 bits per heavy atom. The van der Waals surface area contributed by atoms with Crippen molar-refractivity contribution in [2.75, 3.05) is 13.7 Å². The van der Waals surface area contributed by atoms with Gasteiger partial charge in [0, 0.05) is 12.7 Å². The lowest BCUT2D eigenvalue weighted by Crippen LogP contribution is -2.29. The summed E-state index contributed by atoms with van der Waals surface area (Å²) in [7, 11) is 1.75. The van der Waals surface area contributed by atoms with Crippen molar-refractivity contribution in [3.05, 3.63) is 34.4 Å². The van der Waals surface area contributed by atoms with Gasteiger partial charge >= 0.3 is 0 Å². The number of rotatable bonds is 5. The maximum atomic E-state index is 12.4. The molecule has 2 unspecified atom stereocenters. The number of ether oxygens (including phenoxy) is 2. The van der Waals surface area contributed by atoms with Crippen molar-refractivity contribution in [1.29, 1.82) is 0 Å². The van der Waals surface area contributed by atoms with Crippen molar-refractivity contribution >= 4 is 5.78 Å². The molecule has 0 bridgehead atoms. The number of hydrogen-bond donors (Lipinski definition) is 0. The molecule has 1 aromatic carbocycles. The summed E-state index contributed by atoms with van der Waals surface area (Å²) in [6.07, 6.45) is 4.56. The minimum atomic E-state index is 0.0875. The molecule has 21 heavy (non-hydrogen) atoms. The van der Waals surface area contributed by atoms with Crippen LogP contribution in [-0.2, 0) is 9.47 Å². The van der Waals surface area contributed by atoms with Gasteiger partial charge in [0.1, 0.15) is 6.61 Å². The molecule has 1 aromatic rings. The van der Waals surface area contributed by atoms with E-state index in [1.165, 1.54) is 5.56 Å². The monoisotopic (exact) mass is 290 g/mol. The number of ketones is 1. The molecule has 1 aliphatic carbocycles. The summed E-state index contributed by atoms with van der Waals surface area (Å²) in [5.41, 5.74) is 4.09. The van der Waals surface area contributed by atoms with Gasteiger partial charge in [-0.3, -0.25) is 4.79 Å². The minimum Gasteiger partial charge on any atom is -0.381 e. The molecule has 116 valence electrons. The third-order valence-electron chi connectivity index (χ3n) is 4.32. The van der Waals surface area contributed by atoms with Gasteiger partial charge in [0.05, 0.1) is 12.2 Å². The fourth-order valence-electron chi connectivity index (χ4n) is 3.35. The quantitative estimate of drug-likeness (QED) is 0.774. The molecule has 2 rings (SSSR count). The zero-order valence-corrected chi connectivity index (χ0v) is 13.6. The van der Waals surface area contributed by atoms with E-state index in [9.17, 15) is 4.79 Å². The molecule has 1 saturated carbocycles. The molecule has 0 aromatic heterocycles. The Kier molecular flexibility index (Phi) is 5.54. The number of hydrogen-bond acceptors (Lipinski definition) is 3. The standard InChI is InChI=1S/C18H26O3/c1-12-8-13(2)18(14(3)9-12)17(19)11-21-16-7-5-6-15(10-16)20-4/h8-9,15-16H,5-7,10-11H2,1-4H3. The summed E-state index contributed by atoms with van der Waals surface area (Å²) in [6, 6.07) is 4.11. The number of carbonyl (C=O) groups excluding carboxylic acids is 1. The highest BCUT2D eigenvalue weighted by Gasteiger charge is 2.23. The molecule has 0 N–H and O–H groups in total. The van der Waals surface area contributed by atoms with Crippen molar-refractivity contribution in [2.24, 2.45) is 0 Å². The molecule has 3 nitrogen and oxygen atoms in total. The molecular formula is C18H26O3. The minimum absolute atomic E-state index is 0.0875. The third kappa shape index (κ3) is 4.14. The number of benzene rings is 1. The predicted molar refractivity (Wildman–Crippen MR) is 84.0 cm³/mol. The Morgan fingerprint density at radius 2 is 1.76 bits per heavy atom. The molecule has 0 aliphatic heterocycles. The molecule has 2 atom stereocenters. The zero-order chi connectivity index (χ0) is 15.4. The van der Waals surface area contributed by atoms with Crippen molar-refractivity contribution < 1.29 is 14.3 Å². The van der Waals surface area contributed by atoms with Gasteiger partial charge in [-0.25, -0.2) is 0 Å². The largest absolute Gasteiger partial charge is 0.381 e. The van der Waals surface area contributed by atoms with E-state index < -0.39 is 0 Å². The number of methoxy groups -OCH3 is 1. The second-order valence-electron chi connectivity index (χ2n) is 6.15. The highest BCUT2D eigenvalue weighted by Crippen LogP contribution is 2.24. The maximum Gasteiger partial charge on any atom is 0.189 e. The van der Waals surface area contributed by atoms with Crippen LogP contribution in [-0.4, -0.2) is 31.7 Å². The van der Waals surface area contributed by atoms with Crippen LogP contribution in [0.4, 0.5) is 0 Å². The number of carbonyl (C=O) groups is 1.